The predicted octanol–water partition coefficient (Wildman–Crippen LogP) is 1.50. The zero-order valence-electron chi connectivity index (χ0n) is 8.73. The highest BCUT2D eigenvalue weighted by Gasteiger charge is 2.27. The van der Waals surface area contributed by atoms with E-state index in [-0.39, 0.29) is 11.9 Å². The molecule has 0 saturated carbocycles. The van der Waals surface area contributed by atoms with Crippen LogP contribution in [-0.4, -0.2) is 25.3 Å². The van der Waals surface area contributed by atoms with Crippen LogP contribution in [0.3, 0.4) is 0 Å². The molecule has 1 aromatic carbocycles. The van der Waals surface area contributed by atoms with Crippen molar-refractivity contribution in [2.45, 2.75) is 12.5 Å². The van der Waals surface area contributed by atoms with E-state index in [4.69, 9.17) is 10.5 Å². The molecule has 1 aromatic rings. The van der Waals surface area contributed by atoms with E-state index >= 15 is 0 Å². The van der Waals surface area contributed by atoms with Gasteiger partial charge in [-0.2, -0.15) is 0 Å². The third-order valence-electron chi connectivity index (χ3n) is 2.56. The number of anilines is 1. The number of hydrogen-bond acceptors (Lipinski definition) is 3. The summed E-state index contributed by atoms with van der Waals surface area (Å²) >= 11 is 0. The Morgan fingerprint density at radius 3 is 2.69 bits per heavy atom. The minimum Gasteiger partial charge on any atom is -0.444 e. The molecule has 0 aromatic heterocycles. The highest BCUT2D eigenvalue weighted by molar-refractivity contribution is 5.88. The summed E-state index contributed by atoms with van der Waals surface area (Å²) in [5.74, 6) is -0.325. The number of nitrogens with two attached hydrogens (primary N) is 1. The van der Waals surface area contributed by atoms with Crippen molar-refractivity contribution in [3.63, 3.8) is 0 Å². The Balaban J connectivity index is 2.11. The van der Waals surface area contributed by atoms with Gasteiger partial charge in [-0.3, -0.25) is 4.90 Å². The molecular weight excluding hydrogens is 211 g/mol. The van der Waals surface area contributed by atoms with Crippen molar-refractivity contribution in [1.29, 1.82) is 0 Å². The van der Waals surface area contributed by atoms with E-state index in [1.807, 2.05) is 0 Å². The van der Waals surface area contributed by atoms with Gasteiger partial charge in [0.15, 0.2) is 0 Å². The molecule has 1 amide bonds. The number of carbonyl (C=O) groups is 1. The number of rotatable bonds is 2. The van der Waals surface area contributed by atoms with Gasteiger partial charge in [-0.15, -0.1) is 0 Å². The van der Waals surface area contributed by atoms with Crippen molar-refractivity contribution in [2.75, 3.05) is 18.0 Å². The molecule has 0 radical (unpaired) electrons. The molecule has 2 N–H and O–H groups in total. The van der Waals surface area contributed by atoms with E-state index < -0.39 is 6.09 Å². The zero-order valence-corrected chi connectivity index (χ0v) is 8.73. The van der Waals surface area contributed by atoms with E-state index in [9.17, 15) is 9.18 Å². The van der Waals surface area contributed by atoms with Crippen molar-refractivity contribution >= 4 is 11.8 Å². The van der Waals surface area contributed by atoms with E-state index in [1.54, 1.807) is 12.1 Å². The molecule has 1 saturated heterocycles. The maximum Gasteiger partial charge on any atom is 0.414 e. The van der Waals surface area contributed by atoms with Gasteiger partial charge in [0.05, 0.1) is 0 Å². The molecular formula is C11H13FN2O2. The van der Waals surface area contributed by atoms with E-state index in [0.717, 1.165) is 0 Å². The third-order valence-corrected chi connectivity index (χ3v) is 2.56. The fraction of sp³-hybridized carbons (Fsp3) is 0.364. The molecule has 1 heterocycles. The van der Waals surface area contributed by atoms with E-state index in [1.165, 1.54) is 17.0 Å². The summed E-state index contributed by atoms with van der Waals surface area (Å²) < 4.78 is 17.8. The number of carbonyl (C=O) groups excluding carboxylic acids is 1. The Labute approximate surface area is 92.8 Å². The second-order valence-corrected chi connectivity index (χ2v) is 3.66. The fourth-order valence-electron chi connectivity index (χ4n) is 1.65. The Morgan fingerprint density at radius 1 is 1.44 bits per heavy atom. The van der Waals surface area contributed by atoms with Gasteiger partial charge in [0.25, 0.3) is 0 Å². The van der Waals surface area contributed by atoms with Crippen LogP contribution < -0.4 is 10.6 Å². The number of halogens is 1. The van der Waals surface area contributed by atoms with Gasteiger partial charge in [-0.25, -0.2) is 9.18 Å². The molecule has 2 rings (SSSR count). The molecule has 0 aliphatic carbocycles. The minimum atomic E-state index is -0.423. The van der Waals surface area contributed by atoms with Crippen LogP contribution in [0.5, 0.6) is 0 Å². The van der Waals surface area contributed by atoms with Crippen molar-refractivity contribution in [1.82, 2.24) is 0 Å². The summed E-state index contributed by atoms with van der Waals surface area (Å²) in [5, 5.41) is 0. The van der Waals surface area contributed by atoms with Crippen LogP contribution in [0.2, 0.25) is 0 Å². The molecule has 5 heteroatoms. The normalized spacial score (nSPS) is 20.8. The summed E-state index contributed by atoms with van der Waals surface area (Å²) in [6, 6.07) is 5.74. The first-order valence-electron chi connectivity index (χ1n) is 5.14. The predicted molar refractivity (Wildman–Crippen MR) is 57.7 cm³/mol. The first-order valence-corrected chi connectivity index (χ1v) is 5.14. The molecule has 0 bridgehead atoms. The van der Waals surface area contributed by atoms with Gasteiger partial charge >= 0.3 is 6.09 Å². The van der Waals surface area contributed by atoms with Gasteiger partial charge in [0, 0.05) is 25.2 Å². The lowest BCUT2D eigenvalue weighted by molar-refractivity contribution is 0.0888. The lowest BCUT2D eigenvalue weighted by Crippen LogP contribution is -2.44. The SMILES string of the molecule is NCC1CCN(c2ccc(F)cc2)C(=O)O1. The second-order valence-electron chi connectivity index (χ2n) is 3.66. The van der Waals surface area contributed by atoms with E-state index in [0.29, 0.717) is 25.2 Å². The Morgan fingerprint density at radius 2 is 2.12 bits per heavy atom. The highest BCUT2D eigenvalue weighted by Crippen LogP contribution is 2.20. The molecule has 1 atom stereocenters. The highest BCUT2D eigenvalue weighted by atomic mass is 19.1. The Hall–Kier alpha value is -1.62. The monoisotopic (exact) mass is 224 g/mol. The van der Waals surface area contributed by atoms with Crippen LogP contribution in [0.4, 0.5) is 14.9 Å². The van der Waals surface area contributed by atoms with Crippen molar-refractivity contribution < 1.29 is 13.9 Å². The number of hydrogen-bond donors (Lipinski definition) is 1. The van der Waals surface area contributed by atoms with E-state index in [2.05, 4.69) is 0 Å². The quantitative estimate of drug-likeness (QED) is 0.828. The molecule has 1 fully saturated rings. The van der Waals surface area contributed by atoms with Gasteiger partial charge in [-0.05, 0) is 24.3 Å². The zero-order chi connectivity index (χ0) is 11.5. The third kappa shape index (κ3) is 2.14. The second kappa shape index (κ2) is 4.49. The van der Waals surface area contributed by atoms with Gasteiger partial charge < -0.3 is 10.5 Å². The first kappa shape index (κ1) is 10.9. The number of ether oxygens (including phenoxy) is 1. The minimum absolute atomic E-state index is 0.204. The lowest BCUT2D eigenvalue weighted by Gasteiger charge is -2.31. The van der Waals surface area contributed by atoms with Gasteiger partial charge in [0.1, 0.15) is 11.9 Å². The molecule has 0 spiro atoms. The Bertz CT molecular complexity index is 380. The molecule has 1 aliphatic heterocycles. The molecule has 1 unspecified atom stereocenters. The lowest BCUT2D eigenvalue weighted by atomic mass is 10.2. The smallest absolute Gasteiger partial charge is 0.414 e. The summed E-state index contributed by atoms with van der Waals surface area (Å²) in [4.78, 5) is 13.1. The number of cyclic esters (lactones) is 1. The van der Waals surface area contributed by atoms with Crippen LogP contribution in [0, 0.1) is 5.82 Å². The van der Waals surface area contributed by atoms with Gasteiger partial charge in [0.2, 0.25) is 0 Å². The summed E-state index contributed by atoms with van der Waals surface area (Å²) in [7, 11) is 0. The van der Waals surface area contributed by atoms with Crippen molar-refractivity contribution in [2.24, 2.45) is 5.73 Å². The van der Waals surface area contributed by atoms with Crippen LogP contribution in [-0.2, 0) is 4.74 Å². The fourth-order valence-corrected chi connectivity index (χ4v) is 1.65. The summed E-state index contributed by atoms with van der Waals surface area (Å²) in [5.41, 5.74) is 6.06. The standard InChI is InChI=1S/C11H13FN2O2/c12-8-1-3-9(4-2-8)14-6-5-10(7-13)16-11(14)15/h1-4,10H,5-7,13H2. The maximum absolute atomic E-state index is 12.7. The average molecular weight is 224 g/mol. The Kier molecular flexibility index (Phi) is 3.05. The number of benzene rings is 1. The summed E-state index contributed by atoms with van der Waals surface area (Å²) in [6.07, 6.45) is 0.0668. The van der Waals surface area contributed by atoms with Crippen LogP contribution in [0.15, 0.2) is 24.3 Å². The van der Waals surface area contributed by atoms with Crippen molar-refractivity contribution in [3.8, 4) is 0 Å². The average Bonchev–Trinajstić information content (AvgIpc) is 2.30. The van der Waals surface area contributed by atoms with Crippen LogP contribution >= 0.6 is 0 Å². The maximum atomic E-state index is 12.7. The van der Waals surface area contributed by atoms with Gasteiger partial charge in [-0.1, -0.05) is 0 Å². The topological polar surface area (TPSA) is 55.6 Å². The van der Waals surface area contributed by atoms with Crippen LogP contribution in [0.25, 0.3) is 0 Å². The molecule has 16 heavy (non-hydrogen) atoms. The number of nitrogens with zero attached hydrogens (tertiary/aromatic N) is 1. The molecule has 4 nitrogen and oxygen atoms in total. The first-order chi connectivity index (χ1) is 7.70. The molecule has 1 aliphatic rings. The number of amides is 1. The largest absolute Gasteiger partial charge is 0.444 e. The van der Waals surface area contributed by atoms with Crippen LogP contribution in [0.1, 0.15) is 6.42 Å². The van der Waals surface area contributed by atoms with Crippen molar-refractivity contribution in [3.05, 3.63) is 30.1 Å². The molecule has 86 valence electrons. The summed E-state index contributed by atoms with van der Waals surface area (Å²) in [6.45, 7) is 0.884.